The number of anilines is 1. The van der Waals surface area contributed by atoms with Crippen LogP contribution in [0.3, 0.4) is 0 Å². The number of unbranched alkanes of at least 4 members (excludes halogenated alkanes) is 1. The number of carbonyl (C=O) groups is 1. The van der Waals surface area contributed by atoms with Crippen LogP contribution in [0.5, 0.6) is 0 Å². The van der Waals surface area contributed by atoms with Crippen molar-refractivity contribution in [3.05, 3.63) is 30.1 Å². The number of benzene rings is 1. The van der Waals surface area contributed by atoms with Crippen molar-refractivity contribution in [1.82, 2.24) is 4.90 Å². The predicted octanol–water partition coefficient (Wildman–Crippen LogP) is 5.20. The lowest BCUT2D eigenvalue weighted by atomic mass is 9.79. The first-order valence-electron chi connectivity index (χ1n) is 10.6. The van der Waals surface area contributed by atoms with Gasteiger partial charge < -0.3 is 4.74 Å². The number of piperidine rings is 2. The minimum atomic E-state index is -0.411. The molecular formula is C22H31FN2O2. The number of hydrogen-bond acceptors (Lipinski definition) is 3. The van der Waals surface area contributed by atoms with Crippen molar-refractivity contribution in [3.63, 3.8) is 0 Å². The third-order valence-corrected chi connectivity index (χ3v) is 6.85. The van der Waals surface area contributed by atoms with Crippen molar-refractivity contribution in [2.75, 3.05) is 11.9 Å². The number of fused-ring (bicyclic) bond motifs is 4. The lowest BCUT2D eigenvalue weighted by molar-refractivity contribution is -0.0177. The van der Waals surface area contributed by atoms with E-state index in [0.29, 0.717) is 29.6 Å². The van der Waals surface area contributed by atoms with Gasteiger partial charge in [0, 0.05) is 23.7 Å². The maximum absolute atomic E-state index is 13.0. The summed E-state index contributed by atoms with van der Waals surface area (Å²) in [6, 6.07) is 7.05. The van der Waals surface area contributed by atoms with E-state index in [4.69, 9.17) is 4.74 Å². The Morgan fingerprint density at radius 2 is 2.07 bits per heavy atom. The van der Waals surface area contributed by atoms with E-state index >= 15 is 0 Å². The molecule has 148 valence electrons. The molecular weight excluding hydrogens is 343 g/mol. The average Bonchev–Trinajstić information content (AvgIpc) is 3.03. The van der Waals surface area contributed by atoms with Gasteiger partial charge in [0.1, 0.15) is 11.9 Å². The van der Waals surface area contributed by atoms with Crippen molar-refractivity contribution in [2.45, 2.75) is 76.5 Å². The maximum atomic E-state index is 13.0. The number of hydrogen-bond donors (Lipinski definition) is 1. The molecule has 2 saturated heterocycles. The highest BCUT2D eigenvalue weighted by molar-refractivity contribution is 5.84. The highest BCUT2D eigenvalue weighted by atomic mass is 19.1. The third kappa shape index (κ3) is 3.98. The van der Waals surface area contributed by atoms with E-state index in [9.17, 15) is 9.18 Å². The summed E-state index contributed by atoms with van der Waals surface area (Å²) in [4.78, 5) is 15.2. The summed E-state index contributed by atoms with van der Waals surface area (Å²) in [6.07, 6.45) is 9.41. The fourth-order valence-corrected chi connectivity index (χ4v) is 5.68. The molecule has 3 fully saturated rings. The molecule has 1 aliphatic carbocycles. The van der Waals surface area contributed by atoms with Crippen LogP contribution in [0.15, 0.2) is 24.3 Å². The van der Waals surface area contributed by atoms with Gasteiger partial charge in [0.25, 0.3) is 0 Å². The molecule has 0 radical (unpaired) electrons. The quantitative estimate of drug-likeness (QED) is 0.770. The van der Waals surface area contributed by atoms with Crippen LogP contribution in [0, 0.1) is 17.7 Å². The van der Waals surface area contributed by atoms with Gasteiger partial charge in [-0.1, -0.05) is 26.2 Å². The Balaban J connectivity index is 1.42. The number of rotatable bonds is 5. The zero-order chi connectivity index (χ0) is 18.8. The lowest BCUT2D eigenvalue weighted by Crippen LogP contribution is -2.55. The topological polar surface area (TPSA) is 41.6 Å². The van der Waals surface area contributed by atoms with E-state index < -0.39 is 6.09 Å². The van der Waals surface area contributed by atoms with Crippen molar-refractivity contribution in [2.24, 2.45) is 11.8 Å². The van der Waals surface area contributed by atoms with E-state index in [0.717, 1.165) is 6.42 Å². The summed E-state index contributed by atoms with van der Waals surface area (Å²) in [5.41, 5.74) is 0.572. The van der Waals surface area contributed by atoms with Gasteiger partial charge in [-0.2, -0.15) is 0 Å². The molecule has 3 aliphatic rings. The van der Waals surface area contributed by atoms with Crippen molar-refractivity contribution in [1.29, 1.82) is 0 Å². The van der Waals surface area contributed by atoms with Crippen LogP contribution < -0.4 is 5.32 Å². The van der Waals surface area contributed by atoms with E-state index in [1.807, 2.05) is 0 Å². The Morgan fingerprint density at radius 3 is 2.85 bits per heavy atom. The van der Waals surface area contributed by atoms with Crippen LogP contribution >= 0.6 is 0 Å². The van der Waals surface area contributed by atoms with Crippen molar-refractivity contribution in [3.8, 4) is 0 Å². The number of amides is 1. The van der Waals surface area contributed by atoms with Crippen LogP contribution in [-0.2, 0) is 4.74 Å². The first-order valence-corrected chi connectivity index (χ1v) is 10.6. The second kappa shape index (κ2) is 8.17. The first-order chi connectivity index (χ1) is 13.2. The number of halogens is 1. The molecule has 2 aliphatic heterocycles. The first kappa shape index (κ1) is 18.7. The van der Waals surface area contributed by atoms with Crippen molar-refractivity contribution >= 4 is 11.8 Å². The molecule has 2 heterocycles. The summed E-state index contributed by atoms with van der Waals surface area (Å²) in [5, 5.41) is 2.75. The van der Waals surface area contributed by atoms with Crippen LogP contribution in [0.2, 0.25) is 0 Å². The molecule has 1 N–H and O–H groups in total. The van der Waals surface area contributed by atoms with Gasteiger partial charge in [0.15, 0.2) is 0 Å². The summed E-state index contributed by atoms with van der Waals surface area (Å²) in [6.45, 7) is 3.47. The SMILES string of the molecule is CCCC[C@H]1C2CC(OC(=O)Nc3ccc(F)cc3)C(C2)[C@H]2CCCCN21. The molecule has 1 amide bonds. The Bertz CT molecular complexity index is 650. The molecule has 0 spiro atoms. The minimum absolute atomic E-state index is 0.00711. The second-order valence-electron chi connectivity index (χ2n) is 8.48. The van der Waals surface area contributed by atoms with Crippen LogP contribution in [-0.4, -0.2) is 35.7 Å². The van der Waals surface area contributed by atoms with Crippen molar-refractivity contribution < 1.29 is 13.9 Å². The third-order valence-electron chi connectivity index (χ3n) is 6.85. The van der Waals surface area contributed by atoms with E-state index in [2.05, 4.69) is 17.1 Å². The molecule has 4 nitrogen and oxygen atoms in total. The van der Waals surface area contributed by atoms with Gasteiger partial charge in [0.05, 0.1) is 0 Å². The molecule has 1 aromatic carbocycles. The Hall–Kier alpha value is -1.62. The van der Waals surface area contributed by atoms with E-state index in [-0.39, 0.29) is 11.9 Å². The predicted molar refractivity (Wildman–Crippen MR) is 104 cm³/mol. The number of carbonyl (C=O) groups excluding carboxylic acids is 1. The molecule has 27 heavy (non-hydrogen) atoms. The summed E-state index contributed by atoms with van der Waals surface area (Å²) in [7, 11) is 0. The minimum Gasteiger partial charge on any atom is -0.446 e. The second-order valence-corrected chi connectivity index (χ2v) is 8.48. The smallest absolute Gasteiger partial charge is 0.411 e. The van der Waals surface area contributed by atoms with Gasteiger partial charge in [-0.15, -0.1) is 0 Å². The van der Waals surface area contributed by atoms with E-state index in [1.54, 1.807) is 12.1 Å². The summed E-state index contributed by atoms with van der Waals surface area (Å²) >= 11 is 0. The standard InChI is InChI=1S/C22H31FN2O2/c1-2-3-6-19-15-13-18(20-7-4-5-12-25(19)20)21(14-15)27-22(26)24-17-10-8-16(23)9-11-17/h8-11,15,18-21H,2-7,12-14H2,1H3,(H,24,26)/t15?,18?,19-,20+,21?/m0/s1. The zero-order valence-electron chi connectivity index (χ0n) is 16.2. The van der Waals surface area contributed by atoms with E-state index in [1.165, 1.54) is 63.6 Å². The Labute approximate surface area is 161 Å². The molecule has 5 heteroatoms. The van der Waals surface area contributed by atoms with Crippen LogP contribution in [0.1, 0.15) is 58.3 Å². The van der Waals surface area contributed by atoms with Gasteiger partial charge in [-0.25, -0.2) is 9.18 Å². The average molecular weight is 375 g/mol. The molecule has 3 unspecified atom stereocenters. The summed E-state index contributed by atoms with van der Waals surface area (Å²) in [5.74, 6) is 0.806. The number of nitrogens with zero attached hydrogens (tertiary/aromatic N) is 1. The highest BCUT2D eigenvalue weighted by Gasteiger charge is 2.52. The fourth-order valence-electron chi connectivity index (χ4n) is 5.68. The monoisotopic (exact) mass is 374 g/mol. The van der Waals surface area contributed by atoms with Gasteiger partial charge in [-0.05, 0) is 68.8 Å². The largest absolute Gasteiger partial charge is 0.446 e. The normalized spacial score (nSPS) is 32.7. The molecule has 1 saturated carbocycles. The van der Waals surface area contributed by atoms with Crippen LogP contribution in [0.4, 0.5) is 14.9 Å². The molecule has 1 aromatic rings. The maximum Gasteiger partial charge on any atom is 0.411 e. The molecule has 2 bridgehead atoms. The number of nitrogens with one attached hydrogen (secondary N) is 1. The number of ether oxygens (including phenoxy) is 1. The summed E-state index contributed by atoms with van der Waals surface area (Å²) < 4.78 is 18.9. The van der Waals surface area contributed by atoms with Crippen LogP contribution in [0.25, 0.3) is 0 Å². The van der Waals surface area contributed by atoms with Gasteiger partial charge in [0.2, 0.25) is 0 Å². The lowest BCUT2D eigenvalue weighted by Gasteiger charge is -2.49. The van der Waals surface area contributed by atoms with Gasteiger partial charge >= 0.3 is 6.09 Å². The molecule has 0 aromatic heterocycles. The Morgan fingerprint density at radius 1 is 1.26 bits per heavy atom. The zero-order valence-corrected chi connectivity index (χ0v) is 16.2. The van der Waals surface area contributed by atoms with Gasteiger partial charge in [-0.3, -0.25) is 10.2 Å². The highest BCUT2D eigenvalue weighted by Crippen LogP contribution is 2.49. The fraction of sp³-hybridized carbons (Fsp3) is 0.682. The molecule has 4 rings (SSSR count). The molecule has 5 atom stereocenters. The Kier molecular flexibility index (Phi) is 5.67.